The van der Waals surface area contributed by atoms with Gasteiger partial charge in [0.1, 0.15) is 23.2 Å². The summed E-state index contributed by atoms with van der Waals surface area (Å²) in [6.07, 6.45) is -1.35. The van der Waals surface area contributed by atoms with Crippen LogP contribution in [-0.2, 0) is 17.9 Å². The number of halogens is 2. The summed E-state index contributed by atoms with van der Waals surface area (Å²) < 4.78 is 15.6. The Balaban J connectivity index is 1.47. The standard InChI is InChI=1S/C27H24ClFN4O2/c1-17-6-12-20(13-7-17)30-26-24(18-8-10-19(29)11-9-18)31-23-16-32(14-15-33(23)26)27(35)25(34)21-4-2-3-5-22(21)28/h2-13,25,30,34H,14-16H2,1H3. The molecule has 0 fully saturated rings. The van der Waals surface area contributed by atoms with Gasteiger partial charge in [-0.1, -0.05) is 47.5 Å². The predicted molar refractivity (Wildman–Crippen MR) is 134 cm³/mol. The van der Waals surface area contributed by atoms with Gasteiger partial charge in [-0.3, -0.25) is 4.79 Å². The molecule has 5 rings (SSSR count). The molecule has 6 nitrogen and oxygen atoms in total. The third-order valence-electron chi connectivity index (χ3n) is 6.15. The van der Waals surface area contributed by atoms with Crippen molar-refractivity contribution in [2.24, 2.45) is 0 Å². The highest BCUT2D eigenvalue weighted by atomic mass is 35.5. The van der Waals surface area contributed by atoms with Crippen molar-refractivity contribution >= 4 is 29.0 Å². The molecule has 0 spiro atoms. The maximum Gasteiger partial charge on any atom is 0.256 e. The van der Waals surface area contributed by atoms with E-state index < -0.39 is 12.0 Å². The maximum absolute atomic E-state index is 13.6. The fraction of sp³-hybridized carbons (Fsp3) is 0.185. The van der Waals surface area contributed by atoms with E-state index in [4.69, 9.17) is 16.6 Å². The molecule has 1 atom stereocenters. The fourth-order valence-corrected chi connectivity index (χ4v) is 4.47. The fourth-order valence-electron chi connectivity index (χ4n) is 4.23. The second-order valence-corrected chi connectivity index (χ2v) is 8.97. The van der Waals surface area contributed by atoms with E-state index in [9.17, 15) is 14.3 Å². The third-order valence-corrected chi connectivity index (χ3v) is 6.49. The summed E-state index contributed by atoms with van der Waals surface area (Å²) in [5.41, 5.74) is 3.85. The molecular weight excluding hydrogens is 467 g/mol. The van der Waals surface area contributed by atoms with E-state index in [1.807, 2.05) is 35.8 Å². The number of anilines is 2. The van der Waals surface area contributed by atoms with Crippen LogP contribution in [0, 0.1) is 12.7 Å². The number of amides is 1. The van der Waals surface area contributed by atoms with Gasteiger partial charge in [-0.15, -0.1) is 0 Å². The van der Waals surface area contributed by atoms with E-state index in [0.717, 1.165) is 22.6 Å². The summed E-state index contributed by atoms with van der Waals surface area (Å²) in [5, 5.41) is 14.5. The zero-order chi connectivity index (χ0) is 24.5. The van der Waals surface area contributed by atoms with Gasteiger partial charge in [-0.2, -0.15) is 0 Å². The first-order valence-corrected chi connectivity index (χ1v) is 11.7. The number of benzene rings is 3. The van der Waals surface area contributed by atoms with Gasteiger partial charge in [0.2, 0.25) is 0 Å². The molecule has 4 aromatic rings. The number of imidazole rings is 1. The van der Waals surface area contributed by atoms with Crippen molar-refractivity contribution in [3.63, 3.8) is 0 Å². The Morgan fingerprint density at radius 3 is 2.49 bits per heavy atom. The van der Waals surface area contributed by atoms with E-state index in [1.54, 1.807) is 41.3 Å². The Hall–Kier alpha value is -3.68. The number of aromatic nitrogens is 2. The van der Waals surface area contributed by atoms with E-state index in [1.165, 1.54) is 12.1 Å². The van der Waals surface area contributed by atoms with Crippen LogP contribution >= 0.6 is 11.6 Å². The van der Waals surface area contributed by atoms with Gasteiger partial charge in [0, 0.05) is 34.9 Å². The van der Waals surface area contributed by atoms with Gasteiger partial charge in [0.25, 0.3) is 5.91 Å². The molecule has 8 heteroatoms. The van der Waals surface area contributed by atoms with Gasteiger partial charge in [-0.25, -0.2) is 9.37 Å². The monoisotopic (exact) mass is 490 g/mol. The van der Waals surface area contributed by atoms with Crippen LogP contribution in [0.15, 0.2) is 72.8 Å². The predicted octanol–water partition coefficient (Wildman–Crippen LogP) is 5.47. The average Bonchev–Trinajstić information content (AvgIpc) is 3.22. The number of aliphatic hydroxyl groups is 1. The first-order chi connectivity index (χ1) is 16.9. The first-order valence-electron chi connectivity index (χ1n) is 11.3. The van der Waals surface area contributed by atoms with Crippen LogP contribution in [-0.4, -0.2) is 32.0 Å². The lowest BCUT2D eigenvalue weighted by Gasteiger charge is -2.30. The van der Waals surface area contributed by atoms with Crippen LogP contribution in [0.5, 0.6) is 0 Å². The lowest BCUT2D eigenvalue weighted by atomic mass is 10.1. The second kappa shape index (κ2) is 9.52. The molecule has 0 bridgehead atoms. The van der Waals surface area contributed by atoms with Crippen molar-refractivity contribution in [1.29, 1.82) is 0 Å². The molecule has 2 heterocycles. The molecule has 3 aromatic carbocycles. The van der Waals surface area contributed by atoms with E-state index in [-0.39, 0.29) is 12.4 Å². The lowest BCUT2D eigenvalue weighted by Crippen LogP contribution is -2.41. The van der Waals surface area contributed by atoms with Gasteiger partial charge < -0.3 is 19.9 Å². The van der Waals surface area contributed by atoms with Crippen LogP contribution < -0.4 is 5.32 Å². The SMILES string of the molecule is Cc1ccc(Nc2c(-c3ccc(F)cc3)nc3n2CCN(C(=O)C(O)c2ccccc2Cl)C3)cc1. The minimum absolute atomic E-state index is 0.226. The van der Waals surface area contributed by atoms with Crippen molar-refractivity contribution in [2.75, 3.05) is 11.9 Å². The summed E-state index contributed by atoms with van der Waals surface area (Å²) in [6, 6.07) is 21.0. The number of hydrogen-bond donors (Lipinski definition) is 2. The second-order valence-electron chi connectivity index (χ2n) is 8.56. The lowest BCUT2D eigenvalue weighted by molar-refractivity contribution is -0.142. The molecule has 0 saturated carbocycles. The number of nitrogens with zero attached hydrogens (tertiary/aromatic N) is 3. The number of rotatable bonds is 5. The molecule has 1 unspecified atom stereocenters. The minimum Gasteiger partial charge on any atom is -0.378 e. The zero-order valence-corrected chi connectivity index (χ0v) is 19.8. The molecule has 0 radical (unpaired) electrons. The van der Waals surface area contributed by atoms with Gasteiger partial charge in [0.05, 0.1) is 6.54 Å². The molecule has 1 amide bonds. The molecule has 1 aromatic heterocycles. The smallest absolute Gasteiger partial charge is 0.256 e. The Morgan fingerprint density at radius 1 is 1.06 bits per heavy atom. The normalized spacial score (nSPS) is 13.9. The quantitative estimate of drug-likeness (QED) is 0.389. The first kappa shape index (κ1) is 23.1. The summed E-state index contributed by atoms with van der Waals surface area (Å²) in [6.45, 7) is 3.13. The molecule has 2 N–H and O–H groups in total. The number of hydrogen-bond acceptors (Lipinski definition) is 4. The van der Waals surface area contributed by atoms with Crippen LogP contribution in [0.25, 0.3) is 11.3 Å². The van der Waals surface area contributed by atoms with E-state index in [0.29, 0.717) is 35.2 Å². The highest BCUT2D eigenvalue weighted by Crippen LogP contribution is 2.34. The third kappa shape index (κ3) is 4.65. The molecule has 1 aliphatic rings. The number of carbonyl (C=O) groups excluding carboxylic acids is 1. The summed E-state index contributed by atoms with van der Waals surface area (Å²) in [4.78, 5) is 19.5. The summed E-state index contributed by atoms with van der Waals surface area (Å²) in [5.74, 6) is 0.693. The van der Waals surface area contributed by atoms with Crippen molar-refractivity contribution in [3.05, 3.63) is 101 Å². The summed E-state index contributed by atoms with van der Waals surface area (Å²) in [7, 11) is 0. The van der Waals surface area contributed by atoms with Crippen molar-refractivity contribution in [3.8, 4) is 11.3 Å². The molecule has 1 aliphatic heterocycles. The highest BCUT2D eigenvalue weighted by molar-refractivity contribution is 6.31. The van der Waals surface area contributed by atoms with Crippen molar-refractivity contribution in [1.82, 2.24) is 14.5 Å². The number of fused-ring (bicyclic) bond motifs is 1. The number of nitrogens with one attached hydrogen (secondary N) is 1. The molecule has 35 heavy (non-hydrogen) atoms. The highest BCUT2D eigenvalue weighted by Gasteiger charge is 2.31. The van der Waals surface area contributed by atoms with Crippen molar-refractivity contribution < 1.29 is 14.3 Å². The average molecular weight is 491 g/mol. The number of aryl methyl sites for hydroxylation is 1. The number of carbonyl (C=O) groups is 1. The zero-order valence-electron chi connectivity index (χ0n) is 19.1. The Morgan fingerprint density at radius 2 is 1.77 bits per heavy atom. The molecular formula is C27H24ClFN4O2. The van der Waals surface area contributed by atoms with Crippen LogP contribution in [0.4, 0.5) is 15.9 Å². The Labute approximate surface area is 207 Å². The largest absolute Gasteiger partial charge is 0.378 e. The van der Waals surface area contributed by atoms with Crippen LogP contribution in [0.1, 0.15) is 23.1 Å². The van der Waals surface area contributed by atoms with Gasteiger partial charge in [0.15, 0.2) is 6.10 Å². The van der Waals surface area contributed by atoms with Crippen molar-refractivity contribution in [2.45, 2.75) is 26.1 Å². The molecule has 178 valence electrons. The van der Waals surface area contributed by atoms with Gasteiger partial charge in [-0.05, 0) is 49.4 Å². The molecule has 0 aliphatic carbocycles. The number of aliphatic hydroxyl groups excluding tert-OH is 1. The Kier molecular flexibility index (Phi) is 6.28. The van der Waals surface area contributed by atoms with E-state index in [2.05, 4.69) is 5.32 Å². The summed E-state index contributed by atoms with van der Waals surface area (Å²) >= 11 is 6.19. The topological polar surface area (TPSA) is 70.4 Å². The minimum atomic E-state index is -1.35. The maximum atomic E-state index is 13.6. The Bertz CT molecular complexity index is 1370. The molecule has 0 saturated heterocycles. The van der Waals surface area contributed by atoms with Crippen LogP contribution in [0.2, 0.25) is 5.02 Å². The van der Waals surface area contributed by atoms with E-state index >= 15 is 0 Å². The van der Waals surface area contributed by atoms with Gasteiger partial charge >= 0.3 is 0 Å². The van der Waals surface area contributed by atoms with Crippen LogP contribution in [0.3, 0.4) is 0 Å².